The van der Waals surface area contributed by atoms with Gasteiger partial charge in [-0.1, -0.05) is 72.8 Å². The topological polar surface area (TPSA) is 84.9 Å². The van der Waals surface area contributed by atoms with Crippen LogP contribution in [0.1, 0.15) is 16.7 Å². The molecule has 3 aromatic carbocycles. The summed E-state index contributed by atoms with van der Waals surface area (Å²) in [6, 6.07) is 25.9. The van der Waals surface area contributed by atoms with Gasteiger partial charge in [-0.25, -0.2) is 4.79 Å². The Morgan fingerprint density at radius 2 is 1.62 bits per heavy atom. The van der Waals surface area contributed by atoms with Crippen LogP contribution in [0.4, 0.5) is 0 Å². The van der Waals surface area contributed by atoms with Crippen LogP contribution in [0.5, 0.6) is 5.75 Å². The minimum Gasteiger partial charge on any atom is -0.497 e. The van der Waals surface area contributed by atoms with Crippen molar-refractivity contribution in [3.8, 4) is 5.75 Å². The summed E-state index contributed by atoms with van der Waals surface area (Å²) in [5.41, 5.74) is 4.86. The normalized spacial score (nSPS) is 21.1. The Bertz CT molecular complexity index is 1480. The number of β-lactam (4-membered cyclic amide) rings is 1. The number of nitrogens with one attached hydrogen (secondary N) is 1. The molecule has 39 heavy (non-hydrogen) atoms. The van der Waals surface area contributed by atoms with Gasteiger partial charge in [0.05, 0.1) is 18.8 Å². The molecule has 2 heterocycles. The number of esters is 1. The Kier molecular flexibility index (Phi) is 6.70. The maximum Gasteiger partial charge on any atom is 0.355 e. The molecule has 196 valence electrons. The van der Waals surface area contributed by atoms with Crippen LogP contribution in [0.15, 0.2) is 102 Å². The molecule has 3 aromatic rings. The SMILES string of the molecule is COc1ccc(COC(=O)C2=C3C=C(c4ccccc4)[C@@H]3S[C@@H]3[C@H](NC(=O)Cc4ccccc4)C(=O)N23)cc1. The number of carbonyl (C=O) groups excluding carboxylic acids is 3. The van der Waals surface area contributed by atoms with Crippen molar-refractivity contribution in [3.63, 3.8) is 0 Å². The first-order valence-corrected chi connectivity index (χ1v) is 13.6. The molecular weight excluding hydrogens is 512 g/mol. The number of thioether (sulfide) groups is 1. The van der Waals surface area contributed by atoms with Gasteiger partial charge < -0.3 is 14.8 Å². The van der Waals surface area contributed by atoms with Crippen LogP contribution in [0.2, 0.25) is 0 Å². The fourth-order valence-corrected chi connectivity index (χ4v) is 6.64. The van der Waals surface area contributed by atoms with Gasteiger partial charge in [-0.15, -0.1) is 11.8 Å². The minimum absolute atomic E-state index is 0.0661. The highest BCUT2D eigenvalue weighted by molar-refractivity contribution is 8.01. The molecule has 0 radical (unpaired) electrons. The molecule has 8 heteroatoms. The molecule has 3 aliphatic rings. The molecule has 0 spiro atoms. The van der Waals surface area contributed by atoms with Gasteiger partial charge in [-0.3, -0.25) is 14.5 Å². The Hall–Kier alpha value is -4.30. The van der Waals surface area contributed by atoms with E-state index in [1.54, 1.807) is 31.0 Å². The zero-order valence-corrected chi connectivity index (χ0v) is 22.0. The third-order valence-electron chi connectivity index (χ3n) is 7.06. The van der Waals surface area contributed by atoms with Crippen LogP contribution in [-0.2, 0) is 32.1 Å². The summed E-state index contributed by atoms with van der Waals surface area (Å²) in [6.07, 6.45) is 2.14. The lowest BCUT2D eigenvalue weighted by Gasteiger charge is -2.53. The molecule has 1 saturated heterocycles. The van der Waals surface area contributed by atoms with Gasteiger partial charge >= 0.3 is 5.97 Å². The van der Waals surface area contributed by atoms with E-state index >= 15 is 0 Å². The molecule has 1 N–H and O–H groups in total. The highest BCUT2D eigenvalue weighted by Gasteiger charge is 2.58. The monoisotopic (exact) mass is 538 g/mol. The lowest BCUT2D eigenvalue weighted by atomic mass is 9.84. The lowest BCUT2D eigenvalue weighted by Crippen LogP contribution is -2.71. The number of nitrogens with zero attached hydrogens (tertiary/aromatic N) is 1. The molecule has 0 unspecified atom stereocenters. The first-order valence-electron chi connectivity index (χ1n) is 12.7. The van der Waals surface area contributed by atoms with Crippen molar-refractivity contribution in [2.45, 2.75) is 29.7 Å². The zero-order valence-electron chi connectivity index (χ0n) is 21.2. The maximum absolute atomic E-state index is 13.4. The number of rotatable bonds is 8. The van der Waals surface area contributed by atoms with E-state index in [4.69, 9.17) is 9.47 Å². The van der Waals surface area contributed by atoms with Crippen molar-refractivity contribution in [1.29, 1.82) is 0 Å². The largest absolute Gasteiger partial charge is 0.497 e. The number of fused-ring (bicyclic) bond motifs is 2. The highest BCUT2D eigenvalue weighted by Crippen LogP contribution is 2.54. The number of amides is 2. The summed E-state index contributed by atoms with van der Waals surface area (Å²) in [4.78, 5) is 41.0. The first-order chi connectivity index (χ1) is 19.0. The number of benzene rings is 3. The Morgan fingerprint density at radius 3 is 2.31 bits per heavy atom. The Balaban J connectivity index is 1.23. The second-order valence-electron chi connectivity index (χ2n) is 9.52. The fourth-order valence-electron chi connectivity index (χ4n) is 5.01. The van der Waals surface area contributed by atoms with E-state index in [0.29, 0.717) is 5.75 Å². The van der Waals surface area contributed by atoms with Crippen LogP contribution in [0.3, 0.4) is 0 Å². The molecular formula is C31H26N2O5S. The summed E-state index contributed by atoms with van der Waals surface area (Å²) in [7, 11) is 1.59. The minimum atomic E-state index is -0.713. The Morgan fingerprint density at radius 1 is 0.923 bits per heavy atom. The van der Waals surface area contributed by atoms with Crippen LogP contribution in [0.25, 0.3) is 5.57 Å². The predicted molar refractivity (Wildman–Crippen MR) is 148 cm³/mol. The molecule has 2 aliphatic heterocycles. The third kappa shape index (κ3) is 4.72. The van der Waals surface area contributed by atoms with Crippen molar-refractivity contribution in [2.24, 2.45) is 0 Å². The van der Waals surface area contributed by atoms with E-state index < -0.39 is 17.4 Å². The third-order valence-corrected chi connectivity index (χ3v) is 8.60. The molecule has 0 aromatic heterocycles. The summed E-state index contributed by atoms with van der Waals surface area (Å²) in [5.74, 6) is -0.380. The van der Waals surface area contributed by atoms with Gasteiger partial charge in [0, 0.05) is 5.57 Å². The first kappa shape index (κ1) is 25.0. The van der Waals surface area contributed by atoms with Crippen molar-refractivity contribution in [3.05, 3.63) is 119 Å². The standard InChI is InChI=1S/C31H26N2O5S/c1-37-22-14-12-20(13-15-22)18-38-31(36)27-24-17-23(21-10-6-3-7-11-21)28(24)39-30-26(29(35)33(27)30)32-25(34)16-19-8-4-2-5-9-19/h2-15,17,26,28,30H,16,18H2,1H3,(H,32,34)/t26-,28+,30-/m1/s1. The van der Waals surface area contributed by atoms with Gasteiger partial charge in [0.15, 0.2) is 0 Å². The molecule has 3 atom stereocenters. The van der Waals surface area contributed by atoms with Gasteiger partial charge in [-0.05, 0) is 40.5 Å². The highest BCUT2D eigenvalue weighted by atomic mass is 32.2. The molecule has 2 amide bonds. The molecule has 6 rings (SSSR count). The van der Waals surface area contributed by atoms with E-state index in [9.17, 15) is 14.4 Å². The van der Waals surface area contributed by atoms with Crippen molar-refractivity contribution in [2.75, 3.05) is 7.11 Å². The van der Waals surface area contributed by atoms with Gasteiger partial charge in [0.1, 0.15) is 29.5 Å². The van der Waals surface area contributed by atoms with Gasteiger partial charge in [0.2, 0.25) is 5.91 Å². The number of allylic oxidation sites excluding steroid dienone is 1. The molecule has 7 nitrogen and oxygen atoms in total. The maximum atomic E-state index is 13.4. The van der Waals surface area contributed by atoms with Crippen molar-refractivity contribution < 1.29 is 23.9 Å². The van der Waals surface area contributed by atoms with Crippen molar-refractivity contribution >= 4 is 35.1 Å². The van der Waals surface area contributed by atoms with Gasteiger partial charge in [-0.2, -0.15) is 0 Å². The van der Waals surface area contributed by atoms with Crippen LogP contribution >= 0.6 is 11.8 Å². The van der Waals surface area contributed by atoms with Crippen molar-refractivity contribution in [1.82, 2.24) is 10.2 Å². The lowest BCUT2D eigenvalue weighted by molar-refractivity contribution is -0.153. The molecule has 1 fully saturated rings. The number of ether oxygens (including phenoxy) is 2. The van der Waals surface area contributed by atoms with Gasteiger partial charge in [0.25, 0.3) is 5.91 Å². The average molecular weight is 539 g/mol. The van der Waals surface area contributed by atoms with E-state index in [1.165, 1.54) is 4.90 Å². The fraction of sp³-hybridized carbons (Fsp3) is 0.194. The van der Waals surface area contributed by atoms with E-state index in [0.717, 1.165) is 27.8 Å². The van der Waals surface area contributed by atoms with Crippen LogP contribution < -0.4 is 10.1 Å². The number of hydrogen-bond acceptors (Lipinski definition) is 6. The second-order valence-corrected chi connectivity index (χ2v) is 10.7. The second kappa shape index (κ2) is 10.5. The molecule has 0 saturated carbocycles. The van der Waals surface area contributed by atoms with E-state index in [2.05, 4.69) is 5.32 Å². The summed E-state index contributed by atoms with van der Waals surface area (Å²) >= 11 is 1.58. The predicted octanol–water partition coefficient (Wildman–Crippen LogP) is 4.10. The number of carbonyl (C=O) groups is 3. The van der Waals surface area contributed by atoms with E-state index in [1.807, 2.05) is 78.9 Å². The number of methoxy groups -OCH3 is 1. The van der Waals surface area contributed by atoms with Crippen LogP contribution in [0, 0.1) is 0 Å². The molecule has 1 aliphatic carbocycles. The average Bonchev–Trinajstić information content (AvgIpc) is 2.96. The quantitative estimate of drug-likeness (QED) is 0.344. The molecule has 0 bridgehead atoms. The van der Waals surface area contributed by atoms with Crippen LogP contribution in [-0.4, -0.2) is 46.5 Å². The summed E-state index contributed by atoms with van der Waals surface area (Å²) in [6.45, 7) is 0.0661. The van der Waals surface area contributed by atoms with E-state index in [-0.39, 0.29) is 35.8 Å². The summed E-state index contributed by atoms with van der Waals surface area (Å²) < 4.78 is 10.9. The zero-order chi connectivity index (χ0) is 26.9. The number of hydrogen-bond donors (Lipinski definition) is 1. The Labute approximate surface area is 230 Å². The summed E-state index contributed by atoms with van der Waals surface area (Å²) in [5, 5.41) is 2.40. The smallest absolute Gasteiger partial charge is 0.355 e.